The number of hydrogen-bond donors (Lipinski definition) is 0. The van der Waals surface area contributed by atoms with Crippen molar-refractivity contribution in [2.45, 2.75) is 52.1 Å². The molecule has 0 bridgehead atoms. The van der Waals surface area contributed by atoms with Crippen molar-refractivity contribution in [2.24, 2.45) is 5.92 Å². The van der Waals surface area contributed by atoms with Crippen molar-refractivity contribution in [3.63, 3.8) is 0 Å². The van der Waals surface area contributed by atoms with Crippen LogP contribution in [0, 0.1) is 5.92 Å². The first kappa shape index (κ1) is 22.5. The van der Waals surface area contributed by atoms with Crippen LogP contribution in [-0.4, -0.2) is 55.0 Å². The molecule has 0 aromatic heterocycles. The molecule has 1 aromatic carbocycles. The Labute approximate surface area is 175 Å². The summed E-state index contributed by atoms with van der Waals surface area (Å²) in [4.78, 5) is 15.8. The van der Waals surface area contributed by atoms with Crippen LogP contribution in [0.2, 0.25) is 0 Å². The Kier molecular flexibility index (Phi) is 6.09. The van der Waals surface area contributed by atoms with Gasteiger partial charge in [0.2, 0.25) is 0 Å². The molecular formula is C22H29F3N2O3. The van der Waals surface area contributed by atoms with Crippen LogP contribution in [0.25, 0.3) is 5.70 Å². The van der Waals surface area contributed by atoms with Gasteiger partial charge in [-0.05, 0) is 45.4 Å². The molecular weight excluding hydrogens is 397 g/mol. The van der Waals surface area contributed by atoms with Crippen molar-refractivity contribution >= 4 is 17.4 Å². The molecule has 3 rings (SSSR count). The van der Waals surface area contributed by atoms with Gasteiger partial charge in [-0.25, -0.2) is 0 Å². The van der Waals surface area contributed by atoms with Gasteiger partial charge in [0.15, 0.2) is 0 Å². The second-order valence-electron chi connectivity index (χ2n) is 8.94. The maximum atomic E-state index is 12.8. The normalized spacial score (nSPS) is 20.9. The fraction of sp³-hybridized carbons (Fsp3) is 0.591. The number of halogens is 3. The van der Waals surface area contributed by atoms with E-state index in [1.54, 1.807) is 6.92 Å². The Morgan fingerprint density at radius 3 is 2.67 bits per heavy atom. The molecule has 2 aliphatic rings. The lowest BCUT2D eigenvalue weighted by Crippen LogP contribution is -2.48. The van der Waals surface area contributed by atoms with Crippen molar-refractivity contribution in [1.29, 1.82) is 0 Å². The van der Waals surface area contributed by atoms with E-state index in [4.69, 9.17) is 9.47 Å². The maximum absolute atomic E-state index is 12.8. The predicted octanol–water partition coefficient (Wildman–Crippen LogP) is 4.22. The van der Waals surface area contributed by atoms with Crippen molar-refractivity contribution in [2.75, 3.05) is 31.1 Å². The van der Waals surface area contributed by atoms with Crippen LogP contribution in [0.15, 0.2) is 24.8 Å². The highest BCUT2D eigenvalue weighted by Gasteiger charge is 2.36. The van der Waals surface area contributed by atoms with Gasteiger partial charge in [0.1, 0.15) is 12.1 Å². The van der Waals surface area contributed by atoms with Gasteiger partial charge in [0, 0.05) is 36.6 Å². The Bertz CT molecular complexity index is 817. The summed E-state index contributed by atoms with van der Waals surface area (Å²) in [6.45, 7) is 11.9. The highest BCUT2D eigenvalue weighted by molar-refractivity contribution is 5.74. The highest BCUT2D eigenvalue weighted by Crippen LogP contribution is 2.36. The molecule has 0 radical (unpaired) electrons. The van der Waals surface area contributed by atoms with Crippen molar-refractivity contribution < 1.29 is 27.4 Å². The second kappa shape index (κ2) is 8.13. The summed E-state index contributed by atoms with van der Waals surface area (Å²) in [6, 6.07) is 5.65. The fourth-order valence-electron chi connectivity index (χ4n) is 3.77. The first-order valence-electron chi connectivity index (χ1n) is 10.1. The van der Waals surface area contributed by atoms with Crippen LogP contribution < -0.4 is 4.90 Å². The van der Waals surface area contributed by atoms with Crippen molar-refractivity contribution in [3.05, 3.63) is 35.9 Å². The third-order valence-electron chi connectivity index (χ3n) is 5.31. The molecule has 0 aliphatic carbocycles. The van der Waals surface area contributed by atoms with Gasteiger partial charge in [0.05, 0.1) is 18.6 Å². The van der Waals surface area contributed by atoms with Gasteiger partial charge in [0.25, 0.3) is 0 Å². The van der Waals surface area contributed by atoms with E-state index in [2.05, 4.69) is 11.5 Å². The van der Waals surface area contributed by atoms with Crippen LogP contribution in [-0.2, 0) is 20.8 Å². The molecule has 2 heterocycles. The second-order valence-corrected chi connectivity index (χ2v) is 8.94. The van der Waals surface area contributed by atoms with E-state index in [1.807, 2.05) is 39.0 Å². The number of ether oxygens (including phenoxy) is 2. The molecule has 0 saturated carbocycles. The zero-order chi connectivity index (χ0) is 22.3. The molecule has 5 nitrogen and oxygen atoms in total. The standard InChI is InChI=1S/C22H29F3N2O3/c1-14(20(28)30-21(3,4)5)19-12-26(8-9-29-19)17-7-6-16-11-27(13-22(23,24)25)15(2)18(16)10-17/h6-7,10,14,19H,2,8-9,11-13H2,1,3-5H3. The molecule has 1 fully saturated rings. The number of morpholine rings is 1. The van der Waals surface area contributed by atoms with Crippen LogP contribution in [0.3, 0.4) is 0 Å². The summed E-state index contributed by atoms with van der Waals surface area (Å²) in [5.41, 5.74) is 2.27. The molecule has 0 N–H and O–H groups in total. The minimum absolute atomic E-state index is 0.204. The highest BCUT2D eigenvalue weighted by atomic mass is 19.4. The molecule has 8 heteroatoms. The fourth-order valence-corrected chi connectivity index (χ4v) is 3.77. The Hall–Kier alpha value is -2.22. The third kappa shape index (κ3) is 5.28. The minimum atomic E-state index is -4.27. The van der Waals surface area contributed by atoms with E-state index < -0.39 is 24.2 Å². The summed E-state index contributed by atoms with van der Waals surface area (Å²) in [6.07, 6.45) is -4.60. The van der Waals surface area contributed by atoms with Crippen LogP contribution in [0.4, 0.5) is 18.9 Å². The number of benzene rings is 1. The topological polar surface area (TPSA) is 42.0 Å². The van der Waals surface area contributed by atoms with Crippen molar-refractivity contribution in [3.8, 4) is 0 Å². The number of anilines is 1. The Morgan fingerprint density at radius 2 is 2.03 bits per heavy atom. The lowest BCUT2D eigenvalue weighted by atomic mass is 10.0. The number of hydrogen-bond acceptors (Lipinski definition) is 5. The van der Waals surface area contributed by atoms with E-state index in [-0.39, 0.29) is 18.6 Å². The minimum Gasteiger partial charge on any atom is -0.460 e. The average Bonchev–Trinajstić information content (AvgIpc) is 2.93. The van der Waals surface area contributed by atoms with Gasteiger partial charge in [-0.15, -0.1) is 0 Å². The van der Waals surface area contributed by atoms with Crippen molar-refractivity contribution in [1.82, 2.24) is 4.90 Å². The third-order valence-corrected chi connectivity index (χ3v) is 5.31. The number of nitrogens with zero attached hydrogens (tertiary/aromatic N) is 2. The van der Waals surface area contributed by atoms with Gasteiger partial charge in [-0.3, -0.25) is 4.79 Å². The quantitative estimate of drug-likeness (QED) is 0.675. The molecule has 1 saturated heterocycles. The number of alkyl halides is 3. The van der Waals surface area contributed by atoms with E-state index in [1.165, 1.54) is 4.90 Å². The summed E-state index contributed by atoms with van der Waals surface area (Å²) in [5, 5.41) is 0. The van der Waals surface area contributed by atoms with Gasteiger partial charge in [-0.1, -0.05) is 12.6 Å². The maximum Gasteiger partial charge on any atom is 0.405 e. The average molecular weight is 426 g/mol. The molecule has 2 unspecified atom stereocenters. The number of esters is 1. The lowest BCUT2D eigenvalue weighted by molar-refractivity contribution is -0.165. The summed E-state index contributed by atoms with van der Waals surface area (Å²) >= 11 is 0. The summed E-state index contributed by atoms with van der Waals surface area (Å²) in [7, 11) is 0. The lowest BCUT2D eigenvalue weighted by Gasteiger charge is -2.37. The monoisotopic (exact) mass is 426 g/mol. The Morgan fingerprint density at radius 1 is 1.33 bits per heavy atom. The zero-order valence-corrected chi connectivity index (χ0v) is 17.9. The van der Waals surface area contributed by atoms with Gasteiger partial charge >= 0.3 is 12.1 Å². The number of rotatable bonds is 4. The Balaban J connectivity index is 1.71. The number of carbonyl (C=O) groups is 1. The largest absolute Gasteiger partial charge is 0.460 e. The SMILES string of the molecule is C=C1c2cc(N3CCOC(C(C)C(=O)OC(C)(C)C)C3)ccc2CN1CC(F)(F)F. The van der Waals surface area contributed by atoms with Crippen LogP contribution >= 0.6 is 0 Å². The van der Waals surface area contributed by atoms with Crippen LogP contribution in [0.5, 0.6) is 0 Å². The molecule has 0 amide bonds. The van der Waals surface area contributed by atoms with E-state index >= 15 is 0 Å². The van der Waals surface area contributed by atoms with E-state index in [9.17, 15) is 18.0 Å². The number of carbonyl (C=O) groups excluding carboxylic acids is 1. The molecule has 2 aliphatic heterocycles. The zero-order valence-electron chi connectivity index (χ0n) is 17.9. The first-order valence-corrected chi connectivity index (χ1v) is 10.1. The molecule has 0 spiro atoms. The molecule has 30 heavy (non-hydrogen) atoms. The molecule has 2 atom stereocenters. The van der Waals surface area contributed by atoms with E-state index in [0.29, 0.717) is 25.4 Å². The number of fused-ring (bicyclic) bond motifs is 1. The van der Waals surface area contributed by atoms with E-state index in [0.717, 1.165) is 16.8 Å². The predicted molar refractivity (Wildman–Crippen MR) is 109 cm³/mol. The smallest absolute Gasteiger partial charge is 0.405 e. The summed E-state index contributed by atoms with van der Waals surface area (Å²) < 4.78 is 49.7. The van der Waals surface area contributed by atoms with Crippen LogP contribution in [0.1, 0.15) is 38.8 Å². The summed E-state index contributed by atoms with van der Waals surface area (Å²) in [5.74, 6) is -0.738. The molecule has 1 aromatic rings. The first-order chi connectivity index (χ1) is 13.8. The van der Waals surface area contributed by atoms with Gasteiger partial charge < -0.3 is 19.3 Å². The van der Waals surface area contributed by atoms with Gasteiger partial charge in [-0.2, -0.15) is 13.2 Å². The molecule has 166 valence electrons.